The van der Waals surface area contributed by atoms with Crippen molar-refractivity contribution in [3.63, 3.8) is 0 Å². The Balaban J connectivity index is 1.52. The van der Waals surface area contributed by atoms with Crippen LogP contribution in [0.15, 0.2) is 12.1 Å². The number of carbonyl (C=O) groups is 1. The molecule has 1 saturated carbocycles. The summed E-state index contributed by atoms with van der Waals surface area (Å²) in [5, 5.41) is 0. The first-order valence-electron chi connectivity index (χ1n) is 10.1. The molecule has 2 saturated heterocycles. The summed E-state index contributed by atoms with van der Waals surface area (Å²) >= 11 is 0. The molecule has 0 unspecified atom stereocenters. The highest BCUT2D eigenvalue weighted by atomic mass is 16.5. The molecule has 26 heavy (non-hydrogen) atoms. The van der Waals surface area contributed by atoms with Gasteiger partial charge in [0.25, 0.3) is 5.91 Å². The molecule has 2 aliphatic heterocycles. The highest BCUT2D eigenvalue weighted by Crippen LogP contribution is 2.33. The van der Waals surface area contributed by atoms with Crippen LogP contribution in [0.5, 0.6) is 5.88 Å². The molecule has 0 atom stereocenters. The maximum Gasteiger partial charge on any atom is 0.272 e. The number of ether oxygens (including phenoxy) is 2. The molecule has 6 heteroatoms. The van der Waals surface area contributed by atoms with E-state index < -0.39 is 0 Å². The fourth-order valence-corrected chi connectivity index (χ4v) is 3.63. The number of amides is 1. The highest BCUT2D eigenvalue weighted by Gasteiger charge is 2.26. The summed E-state index contributed by atoms with van der Waals surface area (Å²) in [5.41, 5.74) is 1.54. The van der Waals surface area contributed by atoms with Crippen LogP contribution in [0.3, 0.4) is 0 Å². The van der Waals surface area contributed by atoms with E-state index in [-0.39, 0.29) is 5.91 Å². The predicted octanol–water partition coefficient (Wildman–Crippen LogP) is 2.72. The van der Waals surface area contributed by atoms with Gasteiger partial charge in [0, 0.05) is 39.4 Å². The second kappa shape index (κ2) is 8.25. The van der Waals surface area contributed by atoms with Gasteiger partial charge in [-0.1, -0.05) is 0 Å². The van der Waals surface area contributed by atoms with Gasteiger partial charge < -0.3 is 19.3 Å². The summed E-state index contributed by atoms with van der Waals surface area (Å²) in [6.45, 7) is 5.70. The van der Waals surface area contributed by atoms with Crippen molar-refractivity contribution in [2.45, 2.75) is 38.5 Å². The molecule has 3 fully saturated rings. The van der Waals surface area contributed by atoms with Gasteiger partial charge in [-0.05, 0) is 56.6 Å². The molecule has 3 aliphatic rings. The Hall–Kier alpha value is -1.82. The number of nitrogens with zero attached hydrogens (tertiary/aromatic N) is 3. The molecule has 0 spiro atoms. The van der Waals surface area contributed by atoms with Gasteiger partial charge in [-0.25, -0.2) is 4.98 Å². The quantitative estimate of drug-likeness (QED) is 0.809. The van der Waals surface area contributed by atoms with E-state index in [0.717, 1.165) is 57.9 Å². The van der Waals surface area contributed by atoms with E-state index in [4.69, 9.17) is 9.47 Å². The Morgan fingerprint density at radius 1 is 1.08 bits per heavy atom. The summed E-state index contributed by atoms with van der Waals surface area (Å²) < 4.78 is 11.5. The zero-order valence-electron chi connectivity index (χ0n) is 15.5. The summed E-state index contributed by atoms with van der Waals surface area (Å²) in [7, 11) is 0. The molecule has 4 rings (SSSR count). The van der Waals surface area contributed by atoms with Crippen molar-refractivity contribution >= 4 is 11.6 Å². The summed E-state index contributed by atoms with van der Waals surface area (Å²) in [6, 6.07) is 3.90. The lowest BCUT2D eigenvalue weighted by Crippen LogP contribution is -2.36. The minimum atomic E-state index is 0.0103. The summed E-state index contributed by atoms with van der Waals surface area (Å²) in [4.78, 5) is 21.9. The number of rotatable bonds is 5. The fraction of sp³-hybridized carbons (Fsp3) is 0.700. The van der Waals surface area contributed by atoms with Crippen LogP contribution < -0.4 is 9.64 Å². The van der Waals surface area contributed by atoms with Crippen molar-refractivity contribution in [3.8, 4) is 5.88 Å². The molecule has 142 valence electrons. The number of pyridine rings is 1. The van der Waals surface area contributed by atoms with Crippen LogP contribution in [0, 0.1) is 5.92 Å². The van der Waals surface area contributed by atoms with E-state index >= 15 is 0 Å². The largest absolute Gasteiger partial charge is 0.476 e. The molecule has 0 N–H and O–H groups in total. The fourth-order valence-electron chi connectivity index (χ4n) is 3.63. The van der Waals surface area contributed by atoms with Crippen LogP contribution in [-0.2, 0) is 4.74 Å². The zero-order valence-corrected chi connectivity index (χ0v) is 15.5. The Labute approximate surface area is 155 Å². The average molecular weight is 359 g/mol. The van der Waals surface area contributed by atoms with Gasteiger partial charge in [-0.3, -0.25) is 4.79 Å². The van der Waals surface area contributed by atoms with Crippen LogP contribution >= 0.6 is 0 Å². The standard InChI is InChI=1S/C20H29N3O3/c24-20(23-11-3-13-25-14-4-12-23)17-7-8-18(22-9-1-2-10-22)19(21-17)26-15-16-5-6-16/h7-8,16H,1-6,9-15H2. The van der Waals surface area contributed by atoms with Gasteiger partial charge in [0.15, 0.2) is 0 Å². The molecule has 0 aromatic carbocycles. The van der Waals surface area contributed by atoms with E-state index in [1.54, 1.807) is 0 Å². The normalized spacial score (nSPS) is 21.4. The first kappa shape index (κ1) is 17.6. The summed E-state index contributed by atoms with van der Waals surface area (Å²) in [5.74, 6) is 1.31. The van der Waals surface area contributed by atoms with Crippen molar-refractivity contribution in [2.24, 2.45) is 5.92 Å². The van der Waals surface area contributed by atoms with Crippen LogP contribution in [0.4, 0.5) is 5.69 Å². The van der Waals surface area contributed by atoms with Crippen LogP contribution in [0.2, 0.25) is 0 Å². The Bertz CT molecular complexity index is 619. The molecule has 3 heterocycles. The van der Waals surface area contributed by atoms with Gasteiger partial charge in [-0.2, -0.15) is 0 Å². The monoisotopic (exact) mass is 359 g/mol. The van der Waals surface area contributed by atoms with Crippen molar-refractivity contribution in [3.05, 3.63) is 17.8 Å². The third-order valence-corrected chi connectivity index (χ3v) is 5.38. The van der Waals surface area contributed by atoms with E-state index in [2.05, 4.69) is 9.88 Å². The van der Waals surface area contributed by atoms with E-state index in [1.807, 2.05) is 17.0 Å². The maximum atomic E-state index is 13.0. The van der Waals surface area contributed by atoms with Crippen molar-refractivity contribution in [1.29, 1.82) is 0 Å². The molecule has 1 aromatic heterocycles. The van der Waals surface area contributed by atoms with Gasteiger partial charge in [0.1, 0.15) is 5.69 Å². The number of anilines is 1. The van der Waals surface area contributed by atoms with Gasteiger partial charge in [0.2, 0.25) is 5.88 Å². The molecule has 0 radical (unpaired) electrons. The highest BCUT2D eigenvalue weighted by molar-refractivity contribution is 5.93. The molecule has 1 aliphatic carbocycles. The van der Waals surface area contributed by atoms with Gasteiger partial charge >= 0.3 is 0 Å². The van der Waals surface area contributed by atoms with Crippen LogP contribution in [0.25, 0.3) is 0 Å². The third-order valence-electron chi connectivity index (χ3n) is 5.38. The smallest absolute Gasteiger partial charge is 0.272 e. The number of hydrogen-bond acceptors (Lipinski definition) is 5. The Morgan fingerprint density at radius 3 is 2.50 bits per heavy atom. The first-order chi connectivity index (χ1) is 12.8. The first-order valence-corrected chi connectivity index (χ1v) is 10.1. The van der Waals surface area contributed by atoms with Crippen molar-refractivity contribution in [2.75, 3.05) is 50.9 Å². The van der Waals surface area contributed by atoms with E-state index in [9.17, 15) is 4.79 Å². The van der Waals surface area contributed by atoms with E-state index in [1.165, 1.54) is 25.7 Å². The van der Waals surface area contributed by atoms with Gasteiger partial charge in [-0.15, -0.1) is 0 Å². The minimum Gasteiger partial charge on any atom is -0.476 e. The van der Waals surface area contributed by atoms with Crippen LogP contribution in [-0.4, -0.2) is 61.8 Å². The number of carbonyl (C=O) groups excluding carboxylic acids is 1. The predicted molar refractivity (Wildman–Crippen MR) is 99.9 cm³/mol. The molecule has 6 nitrogen and oxygen atoms in total. The molecule has 1 aromatic rings. The topological polar surface area (TPSA) is 54.9 Å². The lowest BCUT2D eigenvalue weighted by atomic mass is 10.2. The molecule has 1 amide bonds. The molecule has 0 bridgehead atoms. The SMILES string of the molecule is O=C(c1ccc(N2CCCC2)c(OCC2CC2)n1)N1CCCOCCC1. The maximum absolute atomic E-state index is 13.0. The number of hydrogen-bond donors (Lipinski definition) is 0. The van der Waals surface area contributed by atoms with Crippen molar-refractivity contribution < 1.29 is 14.3 Å². The van der Waals surface area contributed by atoms with Gasteiger partial charge in [0.05, 0.1) is 12.3 Å². The van der Waals surface area contributed by atoms with E-state index in [0.29, 0.717) is 24.1 Å². The third kappa shape index (κ3) is 4.29. The molecular formula is C20H29N3O3. The second-order valence-corrected chi connectivity index (χ2v) is 7.58. The lowest BCUT2D eigenvalue weighted by molar-refractivity contribution is 0.0600. The van der Waals surface area contributed by atoms with Crippen LogP contribution in [0.1, 0.15) is 49.0 Å². The number of aromatic nitrogens is 1. The minimum absolute atomic E-state index is 0.0103. The Kier molecular flexibility index (Phi) is 5.58. The zero-order chi connectivity index (χ0) is 17.8. The van der Waals surface area contributed by atoms with Crippen molar-refractivity contribution in [1.82, 2.24) is 9.88 Å². The summed E-state index contributed by atoms with van der Waals surface area (Å²) in [6.07, 6.45) is 6.66. The second-order valence-electron chi connectivity index (χ2n) is 7.58. The average Bonchev–Trinajstić information content (AvgIpc) is 3.30. The Morgan fingerprint density at radius 2 is 1.81 bits per heavy atom. The lowest BCUT2D eigenvalue weighted by Gasteiger charge is -2.25. The molecular weight excluding hydrogens is 330 g/mol.